The lowest BCUT2D eigenvalue weighted by Gasteiger charge is -2.08. The predicted octanol–water partition coefficient (Wildman–Crippen LogP) is 1.63. The Hall–Kier alpha value is -1.31. The zero-order valence-corrected chi connectivity index (χ0v) is 6.12. The quantitative estimate of drug-likeness (QED) is 0.550. The second kappa shape index (κ2) is 3.19. The Bertz CT molecular complexity index is 236. The standard InChI is InChI=1S/C9H9O2/c1-2-4-7-5-3-6-8(10)9(7)11/h2-3,5-7H,1,4H2. The summed E-state index contributed by atoms with van der Waals surface area (Å²) in [5, 5.41) is 10.8. The van der Waals surface area contributed by atoms with Crippen LogP contribution in [0.15, 0.2) is 36.6 Å². The Kier molecular flexibility index (Phi) is 2.26. The number of allylic oxidation sites excluding steroid dienone is 5. The molecule has 1 rings (SSSR count). The monoisotopic (exact) mass is 149 g/mol. The van der Waals surface area contributed by atoms with Crippen LogP contribution in [0.2, 0.25) is 0 Å². The van der Waals surface area contributed by atoms with Crippen LogP contribution in [0.1, 0.15) is 6.42 Å². The van der Waals surface area contributed by atoms with Crippen LogP contribution in [0.5, 0.6) is 0 Å². The molecule has 0 aliphatic heterocycles. The fourth-order valence-corrected chi connectivity index (χ4v) is 0.994. The normalized spacial score (nSPS) is 23.1. The topological polar surface area (TPSA) is 37.0 Å². The Balaban J connectivity index is 2.73. The minimum Gasteiger partial charge on any atom is -0.290 e. The number of rotatable bonds is 2. The molecular formula is C9H9O2. The van der Waals surface area contributed by atoms with Crippen LogP contribution in [0, 0.1) is 5.92 Å². The van der Waals surface area contributed by atoms with Gasteiger partial charge in [0.05, 0.1) is 0 Å². The Labute approximate surface area is 65.5 Å². The average molecular weight is 149 g/mol. The fraction of sp³-hybridized carbons (Fsp3) is 0.222. The van der Waals surface area contributed by atoms with E-state index in [-0.39, 0.29) is 11.7 Å². The van der Waals surface area contributed by atoms with Crippen molar-refractivity contribution in [3.8, 4) is 0 Å². The first-order valence-electron chi connectivity index (χ1n) is 3.46. The van der Waals surface area contributed by atoms with Crippen LogP contribution in [0.3, 0.4) is 0 Å². The molecule has 1 atom stereocenters. The van der Waals surface area contributed by atoms with Gasteiger partial charge in [0.2, 0.25) is 11.5 Å². The Morgan fingerprint density at radius 1 is 1.64 bits per heavy atom. The molecule has 0 aromatic rings. The molecule has 0 aromatic heterocycles. The molecule has 1 unspecified atom stereocenters. The summed E-state index contributed by atoms with van der Waals surface area (Å²) in [5.74, 6) is -1.00. The highest BCUT2D eigenvalue weighted by Gasteiger charge is 2.21. The van der Waals surface area contributed by atoms with Crippen LogP contribution < -0.4 is 0 Å². The smallest absolute Gasteiger partial charge is 0.222 e. The van der Waals surface area contributed by atoms with E-state index in [0.29, 0.717) is 6.42 Å². The molecule has 0 fully saturated rings. The maximum absolute atomic E-state index is 11.0. The maximum atomic E-state index is 11.0. The SMILES string of the molecule is C=CCC1C=CC=C([O])C1=O. The van der Waals surface area contributed by atoms with E-state index in [1.54, 1.807) is 18.2 Å². The predicted molar refractivity (Wildman–Crippen MR) is 41.2 cm³/mol. The highest BCUT2D eigenvalue weighted by atomic mass is 16.3. The van der Waals surface area contributed by atoms with Gasteiger partial charge in [-0.3, -0.25) is 9.90 Å². The van der Waals surface area contributed by atoms with Gasteiger partial charge >= 0.3 is 0 Å². The second-order valence-electron chi connectivity index (χ2n) is 2.41. The molecule has 0 aromatic carbocycles. The molecule has 0 saturated heterocycles. The first-order valence-corrected chi connectivity index (χ1v) is 3.46. The van der Waals surface area contributed by atoms with E-state index in [4.69, 9.17) is 0 Å². The average Bonchev–Trinajstić information content (AvgIpc) is 1.99. The van der Waals surface area contributed by atoms with Crippen molar-refractivity contribution in [2.45, 2.75) is 6.42 Å². The molecule has 11 heavy (non-hydrogen) atoms. The number of Topliss-reactive ketones (excluding diaryl/α,β-unsaturated/α-hetero) is 1. The van der Waals surface area contributed by atoms with Gasteiger partial charge in [0.25, 0.3) is 0 Å². The molecule has 1 radical (unpaired) electrons. The van der Waals surface area contributed by atoms with Gasteiger partial charge in [-0.1, -0.05) is 18.2 Å². The zero-order chi connectivity index (χ0) is 8.27. The van der Waals surface area contributed by atoms with Crippen LogP contribution >= 0.6 is 0 Å². The summed E-state index contributed by atoms with van der Waals surface area (Å²) in [4.78, 5) is 11.0. The Morgan fingerprint density at radius 3 is 3.00 bits per heavy atom. The van der Waals surface area contributed by atoms with E-state index in [2.05, 4.69) is 6.58 Å². The molecular weight excluding hydrogens is 140 g/mol. The lowest BCUT2D eigenvalue weighted by atomic mass is 9.95. The third kappa shape index (κ3) is 1.58. The molecule has 0 saturated carbocycles. The summed E-state index contributed by atoms with van der Waals surface area (Å²) in [5.41, 5.74) is 0. The van der Waals surface area contributed by atoms with Crippen molar-refractivity contribution < 1.29 is 9.90 Å². The molecule has 57 valence electrons. The lowest BCUT2D eigenvalue weighted by molar-refractivity contribution is -0.121. The number of carbonyl (C=O) groups is 1. The lowest BCUT2D eigenvalue weighted by Crippen LogP contribution is -2.15. The van der Waals surface area contributed by atoms with E-state index >= 15 is 0 Å². The highest BCUT2D eigenvalue weighted by Crippen LogP contribution is 2.16. The van der Waals surface area contributed by atoms with Gasteiger partial charge in [-0.15, -0.1) is 6.58 Å². The van der Waals surface area contributed by atoms with Crippen LogP contribution in [-0.2, 0) is 9.90 Å². The van der Waals surface area contributed by atoms with Crippen molar-refractivity contribution in [1.82, 2.24) is 0 Å². The van der Waals surface area contributed by atoms with Crippen LogP contribution in [0.4, 0.5) is 0 Å². The third-order valence-electron chi connectivity index (χ3n) is 1.59. The van der Waals surface area contributed by atoms with E-state index in [1.165, 1.54) is 6.08 Å². The second-order valence-corrected chi connectivity index (χ2v) is 2.41. The van der Waals surface area contributed by atoms with E-state index in [0.717, 1.165) is 0 Å². The minimum absolute atomic E-state index is 0.273. The van der Waals surface area contributed by atoms with Crippen LogP contribution in [0.25, 0.3) is 0 Å². The number of hydrogen-bond acceptors (Lipinski definition) is 1. The van der Waals surface area contributed by atoms with E-state index < -0.39 is 5.76 Å². The summed E-state index contributed by atoms with van der Waals surface area (Å²) in [7, 11) is 0. The van der Waals surface area contributed by atoms with Crippen LogP contribution in [-0.4, -0.2) is 5.78 Å². The number of carbonyl (C=O) groups excluding carboxylic acids is 1. The molecule has 1 aliphatic carbocycles. The van der Waals surface area contributed by atoms with E-state index in [1.807, 2.05) is 0 Å². The summed E-state index contributed by atoms with van der Waals surface area (Å²) >= 11 is 0. The molecule has 0 amide bonds. The fourth-order valence-electron chi connectivity index (χ4n) is 0.994. The molecule has 0 N–H and O–H groups in total. The van der Waals surface area contributed by atoms with Crippen molar-refractivity contribution in [1.29, 1.82) is 0 Å². The van der Waals surface area contributed by atoms with Crippen molar-refractivity contribution in [2.75, 3.05) is 0 Å². The zero-order valence-electron chi connectivity index (χ0n) is 6.12. The maximum Gasteiger partial charge on any atom is 0.222 e. The summed E-state index contributed by atoms with van der Waals surface area (Å²) in [6, 6.07) is 0. The van der Waals surface area contributed by atoms with Crippen molar-refractivity contribution >= 4 is 5.78 Å². The van der Waals surface area contributed by atoms with Gasteiger partial charge in [0, 0.05) is 5.92 Å². The first kappa shape index (κ1) is 7.79. The first-order chi connectivity index (χ1) is 5.25. The minimum atomic E-state index is -0.403. The van der Waals surface area contributed by atoms with Gasteiger partial charge in [-0.05, 0) is 12.5 Å². The summed E-state index contributed by atoms with van der Waals surface area (Å²) < 4.78 is 0. The summed E-state index contributed by atoms with van der Waals surface area (Å²) in [6.45, 7) is 3.51. The summed E-state index contributed by atoms with van der Waals surface area (Å²) in [6.07, 6.45) is 6.84. The molecule has 0 heterocycles. The van der Waals surface area contributed by atoms with Crippen molar-refractivity contribution in [3.05, 3.63) is 36.6 Å². The molecule has 2 nitrogen and oxygen atoms in total. The van der Waals surface area contributed by atoms with Gasteiger partial charge in [-0.2, -0.15) is 0 Å². The number of ketones is 1. The molecule has 1 aliphatic rings. The van der Waals surface area contributed by atoms with Crippen molar-refractivity contribution in [2.24, 2.45) is 5.92 Å². The van der Waals surface area contributed by atoms with E-state index in [9.17, 15) is 9.90 Å². The van der Waals surface area contributed by atoms with Crippen molar-refractivity contribution in [3.63, 3.8) is 0 Å². The Morgan fingerprint density at radius 2 is 2.36 bits per heavy atom. The van der Waals surface area contributed by atoms with Gasteiger partial charge in [-0.25, -0.2) is 0 Å². The third-order valence-corrected chi connectivity index (χ3v) is 1.59. The molecule has 0 spiro atoms. The van der Waals surface area contributed by atoms with Gasteiger partial charge in [0.1, 0.15) is 0 Å². The number of hydrogen-bond donors (Lipinski definition) is 0. The van der Waals surface area contributed by atoms with Gasteiger partial charge in [0.15, 0.2) is 0 Å². The highest BCUT2D eigenvalue weighted by molar-refractivity contribution is 5.97. The van der Waals surface area contributed by atoms with Gasteiger partial charge < -0.3 is 0 Å². The largest absolute Gasteiger partial charge is 0.290 e. The molecule has 2 heteroatoms. The molecule has 0 bridgehead atoms.